The van der Waals surface area contributed by atoms with Gasteiger partial charge in [0.1, 0.15) is 5.75 Å². The molecule has 1 saturated carbocycles. The van der Waals surface area contributed by atoms with Crippen molar-refractivity contribution in [1.29, 1.82) is 0 Å². The molecule has 2 fully saturated rings. The summed E-state index contributed by atoms with van der Waals surface area (Å²) < 4.78 is 5.55. The number of piperazine rings is 1. The van der Waals surface area contributed by atoms with E-state index < -0.39 is 0 Å². The zero-order valence-corrected chi connectivity index (χ0v) is 16.7. The Bertz CT molecular complexity index is 726. The third kappa shape index (κ3) is 4.14. The second-order valence-electron chi connectivity index (χ2n) is 8.11. The minimum Gasteiger partial charge on any atom is -0.495 e. The van der Waals surface area contributed by atoms with E-state index in [-0.39, 0.29) is 0 Å². The van der Waals surface area contributed by atoms with Gasteiger partial charge < -0.3 is 9.64 Å². The van der Waals surface area contributed by atoms with Crippen LogP contribution in [0.2, 0.25) is 0 Å². The molecule has 3 nitrogen and oxygen atoms in total. The van der Waals surface area contributed by atoms with Crippen LogP contribution in [0.4, 0.5) is 5.69 Å². The number of benzene rings is 2. The number of anilines is 1. The zero-order valence-electron chi connectivity index (χ0n) is 16.7. The minimum absolute atomic E-state index is 0.761. The lowest BCUT2D eigenvalue weighted by atomic mass is 9.81. The van der Waals surface area contributed by atoms with E-state index in [4.69, 9.17) is 4.74 Å². The molecule has 2 aromatic carbocycles. The highest BCUT2D eigenvalue weighted by Gasteiger charge is 2.29. The number of hydrogen-bond donors (Lipinski definition) is 0. The molecule has 3 heteroatoms. The van der Waals surface area contributed by atoms with E-state index in [0.29, 0.717) is 0 Å². The van der Waals surface area contributed by atoms with Crippen LogP contribution in [0.25, 0.3) is 0 Å². The van der Waals surface area contributed by atoms with Crippen LogP contribution in [-0.4, -0.2) is 44.2 Å². The van der Waals surface area contributed by atoms with Gasteiger partial charge in [-0.3, -0.25) is 4.90 Å². The van der Waals surface area contributed by atoms with Crippen molar-refractivity contribution < 1.29 is 4.74 Å². The minimum atomic E-state index is 0.761. The lowest BCUT2D eigenvalue weighted by molar-refractivity contribution is 0.141. The maximum atomic E-state index is 5.55. The van der Waals surface area contributed by atoms with Crippen molar-refractivity contribution in [1.82, 2.24) is 4.90 Å². The average molecular weight is 365 g/mol. The first-order valence-electron chi connectivity index (χ1n) is 10.4. The largest absolute Gasteiger partial charge is 0.495 e. The molecule has 27 heavy (non-hydrogen) atoms. The Kier molecular flexibility index (Phi) is 5.68. The van der Waals surface area contributed by atoms with Crippen molar-refractivity contribution in [2.24, 2.45) is 0 Å². The van der Waals surface area contributed by atoms with Gasteiger partial charge in [-0.25, -0.2) is 0 Å². The van der Waals surface area contributed by atoms with Gasteiger partial charge in [-0.2, -0.15) is 0 Å². The first-order chi connectivity index (χ1) is 13.2. The fourth-order valence-corrected chi connectivity index (χ4v) is 4.83. The maximum Gasteiger partial charge on any atom is 0.142 e. The van der Waals surface area contributed by atoms with Crippen LogP contribution in [0, 0.1) is 6.92 Å². The predicted molar refractivity (Wildman–Crippen MR) is 113 cm³/mol. The third-order valence-corrected chi connectivity index (χ3v) is 6.50. The number of nitrogens with zero attached hydrogens (tertiary/aromatic N) is 2. The molecular weight excluding hydrogens is 332 g/mol. The number of aryl methyl sites for hydroxylation is 1. The lowest BCUT2D eigenvalue weighted by Crippen LogP contribution is -2.51. The summed E-state index contributed by atoms with van der Waals surface area (Å²) in [5.74, 6) is 1.75. The quantitative estimate of drug-likeness (QED) is 0.771. The van der Waals surface area contributed by atoms with Gasteiger partial charge in [0, 0.05) is 32.2 Å². The topological polar surface area (TPSA) is 15.7 Å². The fourth-order valence-electron chi connectivity index (χ4n) is 4.83. The van der Waals surface area contributed by atoms with Crippen molar-refractivity contribution in [3.63, 3.8) is 0 Å². The number of rotatable bonds is 4. The smallest absolute Gasteiger partial charge is 0.142 e. The summed E-state index contributed by atoms with van der Waals surface area (Å²) in [6.07, 6.45) is 5.35. The fraction of sp³-hybridized carbons (Fsp3) is 0.500. The van der Waals surface area contributed by atoms with Crippen LogP contribution in [0.15, 0.2) is 48.5 Å². The summed E-state index contributed by atoms with van der Waals surface area (Å²) in [5, 5.41) is 0. The van der Waals surface area contributed by atoms with E-state index >= 15 is 0 Å². The van der Waals surface area contributed by atoms with Gasteiger partial charge in [0.05, 0.1) is 12.8 Å². The Labute approximate surface area is 163 Å². The van der Waals surface area contributed by atoms with Crippen LogP contribution in [0.1, 0.15) is 42.7 Å². The Morgan fingerprint density at radius 1 is 0.815 bits per heavy atom. The molecule has 0 N–H and O–H groups in total. The molecule has 1 aliphatic carbocycles. The van der Waals surface area contributed by atoms with Crippen molar-refractivity contribution >= 4 is 5.69 Å². The molecule has 4 rings (SSSR count). The molecule has 0 atom stereocenters. The van der Waals surface area contributed by atoms with Crippen LogP contribution in [-0.2, 0) is 0 Å². The molecule has 1 aliphatic heterocycles. The van der Waals surface area contributed by atoms with Gasteiger partial charge in [0.15, 0.2) is 0 Å². The molecule has 0 unspecified atom stereocenters. The van der Waals surface area contributed by atoms with E-state index in [9.17, 15) is 0 Å². The summed E-state index contributed by atoms with van der Waals surface area (Å²) in [6.45, 7) is 6.69. The van der Waals surface area contributed by atoms with Crippen LogP contribution in [0.3, 0.4) is 0 Å². The first kappa shape index (κ1) is 18.4. The molecule has 144 valence electrons. The summed E-state index contributed by atoms with van der Waals surface area (Å²) in [6, 6.07) is 18.4. The maximum absolute atomic E-state index is 5.55. The average Bonchev–Trinajstić information content (AvgIpc) is 2.74. The highest BCUT2D eigenvalue weighted by Crippen LogP contribution is 2.36. The second kappa shape index (κ2) is 8.35. The lowest BCUT2D eigenvalue weighted by Gasteiger charge is -2.43. The van der Waals surface area contributed by atoms with E-state index in [2.05, 4.69) is 59.2 Å². The molecule has 2 aliphatic rings. The van der Waals surface area contributed by atoms with Crippen molar-refractivity contribution in [3.8, 4) is 5.75 Å². The molecule has 1 heterocycles. The van der Waals surface area contributed by atoms with E-state index in [1.165, 1.54) is 36.9 Å². The van der Waals surface area contributed by atoms with Gasteiger partial charge in [-0.1, -0.05) is 42.0 Å². The van der Waals surface area contributed by atoms with Gasteiger partial charge in [-0.05, 0) is 56.2 Å². The SMILES string of the molecule is COc1ccccc1N1CCN([C@H]2CC[C@H](c3ccc(C)cc3)CC2)CC1. The molecule has 0 aromatic heterocycles. The second-order valence-corrected chi connectivity index (χ2v) is 8.11. The Morgan fingerprint density at radius 2 is 1.48 bits per heavy atom. The van der Waals surface area contributed by atoms with Gasteiger partial charge in [0.25, 0.3) is 0 Å². The number of methoxy groups -OCH3 is 1. The highest BCUT2D eigenvalue weighted by atomic mass is 16.5. The summed E-state index contributed by atoms with van der Waals surface area (Å²) in [5.41, 5.74) is 4.14. The molecule has 0 radical (unpaired) electrons. The van der Waals surface area contributed by atoms with Gasteiger partial charge >= 0.3 is 0 Å². The molecule has 2 aromatic rings. The predicted octanol–water partition coefficient (Wildman–Crippen LogP) is 4.85. The van der Waals surface area contributed by atoms with Gasteiger partial charge in [0.2, 0.25) is 0 Å². The van der Waals surface area contributed by atoms with Crippen molar-refractivity contribution in [2.75, 3.05) is 38.2 Å². The molecule has 0 amide bonds. The Hall–Kier alpha value is -2.00. The monoisotopic (exact) mass is 364 g/mol. The standard InChI is InChI=1S/C24H32N2O/c1-19-7-9-20(10-8-19)21-11-13-22(14-12-21)25-15-17-26(18-16-25)23-5-3-4-6-24(23)27-2/h3-10,21-22H,11-18H2,1-2H3/t21-,22-. The molecule has 1 saturated heterocycles. The number of hydrogen-bond acceptors (Lipinski definition) is 3. The number of para-hydroxylation sites is 2. The van der Waals surface area contributed by atoms with Crippen LogP contribution < -0.4 is 9.64 Å². The van der Waals surface area contributed by atoms with Crippen molar-refractivity contribution in [3.05, 3.63) is 59.7 Å². The highest BCUT2D eigenvalue weighted by molar-refractivity contribution is 5.58. The molecule has 0 bridgehead atoms. The zero-order chi connectivity index (χ0) is 18.6. The summed E-state index contributed by atoms with van der Waals surface area (Å²) >= 11 is 0. The van der Waals surface area contributed by atoms with E-state index in [1.54, 1.807) is 12.7 Å². The Morgan fingerprint density at radius 3 is 2.15 bits per heavy atom. The molecule has 0 spiro atoms. The third-order valence-electron chi connectivity index (χ3n) is 6.50. The van der Waals surface area contributed by atoms with Gasteiger partial charge in [-0.15, -0.1) is 0 Å². The summed E-state index contributed by atoms with van der Waals surface area (Å²) in [7, 11) is 1.77. The van der Waals surface area contributed by atoms with Crippen LogP contribution in [0.5, 0.6) is 5.75 Å². The van der Waals surface area contributed by atoms with Crippen molar-refractivity contribution in [2.45, 2.75) is 44.6 Å². The number of ether oxygens (including phenoxy) is 1. The first-order valence-corrected chi connectivity index (χ1v) is 10.4. The Balaban J connectivity index is 1.30. The van der Waals surface area contributed by atoms with E-state index in [0.717, 1.165) is 43.9 Å². The van der Waals surface area contributed by atoms with E-state index in [1.807, 2.05) is 6.07 Å². The summed E-state index contributed by atoms with van der Waals surface area (Å²) in [4.78, 5) is 5.21. The van der Waals surface area contributed by atoms with Crippen LogP contribution >= 0.6 is 0 Å². The normalized spacial score (nSPS) is 24.0. The molecular formula is C24H32N2O.